The molecule has 1 aromatic rings. The molecule has 1 aromatic carbocycles. The quantitative estimate of drug-likeness (QED) is 0.790. The fraction of sp³-hybridized carbons (Fsp3) is 0.588. The first-order chi connectivity index (χ1) is 9.29. The summed E-state index contributed by atoms with van der Waals surface area (Å²) in [5.41, 5.74) is 1.33. The van der Waals surface area contributed by atoms with Crippen LogP contribution in [0.5, 0.6) is 0 Å². The minimum atomic E-state index is 0.352. The highest BCUT2D eigenvalue weighted by atomic mass is 16.2. The van der Waals surface area contributed by atoms with Crippen molar-refractivity contribution in [2.45, 2.75) is 45.4 Å². The average Bonchev–Trinajstić information content (AvgIpc) is 2.48. The standard InChI is InChI=1S/C17H25NO/c1-2-15-11-13-18(14-12-15)17(19)10-6-9-16-7-4-3-5-8-16/h3-5,7-8,15H,2,6,9-14H2,1H3. The van der Waals surface area contributed by atoms with E-state index in [0.717, 1.165) is 31.8 Å². The number of carbonyl (C=O) groups excluding carboxylic acids is 1. The van der Waals surface area contributed by atoms with Gasteiger partial charge in [-0.05, 0) is 37.2 Å². The summed E-state index contributed by atoms with van der Waals surface area (Å²) in [6.45, 7) is 4.20. The van der Waals surface area contributed by atoms with E-state index >= 15 is 0 Å². The molecule has 104 valence electrons. The lowest BCUT2D eigenvalue weighted by Gasteiger charge is -2.31. The number of likely N-dealkylation sites (tertiary alicyclic amines) is 1. The molecule has 0 atom stereocenters. The van der Waals surface area contributed by atoms with Crippen molar-refractivity contribution in [3.8, 4) is 0 Å². The smallest absolute Gasteiger partial charge is 0.222 e. The average molecular weight is 259 g/mol. The van der Waals surface area contributed by atoms with Gasteiger partial charge in [-0.1, -0.05) is 43.7 Å². The van der Waals surface area contributed by atoms with Crippen molar-refractivity contribution in [2.24, 2.45) is 5.92 Å². The molecule has 0 bridgehead atoms. The Labute approximate surface area is 116 Å². The predicted octanol–water partition coefficient (Wildman–Crippen LogP) is 3.66. The third-order valence-corrected chi connectivity index (χ3v) is 4.24. The summed E-state index contributed by atoms with van der Waals surface area (Å²) in [4.78, 5) is 14.2. The molecule has 2 heteroatoms. The highest BCUT2D eigenvalue weighted by Gasteiger charge is 2.20. The summed E-state index contributed by atoms with van der Waals surface area (Å²) in [6.07, 6.45) is 6.33. The van der Waals surface area contributed by atoms with Crippen LogP contribution in [0.2, 0.25) is 0 Å². The van der Waals surface area contributed by atoms with Gasteiger partial charge >= 0.3 is 0 Å². The van der Waals surface area contributed by atoms with Gasteiger partial charge in [0.05, 0.1) is 0 Å². The monoisotopic (exact) mass is 259 g/mol. The maximum absolute atomic E-state index is 12.1. The van der Waals surface area contributed by atoms with E-state index in [1.165, 1.54) is 24.8 Å². The van der Waals surface area contributed by atoms with Crippen LogP contribution in [0.25, 0.3) is 0 Å². The molecule has 0 saturated carbocycles. The number of hydrogen-bond donors (Lipinski definition) is 0. The van der Waals surface area contributed by atoms with Crippen LogP contribution in [0.1, 0.15) is 44.6 Å². The Morgan fingerprint density at radius 3 is 2.53 bits per heavy atom. The van der Waals surface area contributed by atoms with Crippen molar-refractivity contribution in [1.82, 2.24) is 4.90 Å². The zero-order valence-corrected chi connectivity index (χ0v) is 12.0. The number of amides is 1. The molecule has 1 heterocycles. The van der Waals surface area contributed by atoms with E-state index < -0.39 is 0 Å². The number of rotatable bonds is 5. The van der Waals surface area contributed by atoms with Crippen LogP contribution in [0, 0.1) is 5.92 Å². The lowest BCUT2D eigenvalue weighted by atomic mass is 9.94. The van der Waals surface area contributed by atoms with E-state index in [9.17, 15) is 4.79 Å². The molecule has 0 aromatic heterocycles. The molecule has 0 unspecified atom stereocenters. The van der Waals surface area contributed by atoms with Crippen LogP contribution in [-0.2, 0) is 11.2 Å². The zero-order chi connectivity index (χ0) is 13.5. The molecular formula is C17H25NO. The first-order valence-electron chi connectivity index (χ1n) is 7.61. The fourth-order valence-electron chi connectivity index (χ4n) is 2.84. The van der Waals surface area contributed by atoms with E-state index in [2.05, 4.69) is 36.1 Å². The molecule has 2 rings (SSSR count). The first-order valence-corrected chi connectivity index (χ1v) is 7.61. The van der Waals surface area contributed by atoms with Crippen LogP contribution in [-0.4, -0.2) is 23.9 Å². The van der Waals surface area contributed by atoms with Gasteiger partial charge in [0.2, 0.25) is 5.91 Å². The van der Waals surface area contributed by atoms with E-state index in [0.29, 0.717) is 12.3 Å². The molecule has 1 amide bonds. The second kappa shape index (κ2) is 7.32. The van der Waals surface area contributed by atoms with E-state index in [-0.39, 0.29) is 0 Å². The maximum atomic E-state index is 12.1. The summed E-state index contributed by atoms with van der Waals surface area (Å²) in [5.74, 6) is 1.19. The third-order valence-electron chi connectivity index (χ3n) is 4.24. The Morgan fingerprint density at radius 1 is 1.21 bits per heavy atom. The minimum absolute atomic E-state index is 0.352. The number of benzene rings is 1. The fourth-order valence-corrected chi connectivity index (χ4v) is 2.84. The molecule has 0 radical (unpaired) electrons. The largest absolute Gasteiger partial charge is 0.343 e. The minimum Gasteiger partial charge on any atom is -0.343 e. The van der Waals surface area contributed by atoms with Gasteiger partial charge in [-0.15, -0.1) is 0 Å². The topological polar surface area (TPSA) is 20.3 Å². The molecule has 1 aliphatic heterocycles. The van der Waals surface area contributed by atoms with Gasteiger partial charge < -0.3 is 4.90 Å². The summed E-state index contributed by atoms with van der Waals surface area (Å²) < 4.78 is 0. The van der Waals surface area contributed by atoms with Gasteiger partial charge in [-0.3, -0.25) is 4.79 Å². The second-order valence-corrected chi connectivity index (χ2v) is 5.57. The van der Waals surface area contributed by atoms with Crippen molar-refractivity contribution in [1.29, 1.82) is 0 Å². The Morgan fingerprint density at radius 2 is 1.89 bits per heavy atom. The summed E-state index contributed by atoms with van der Waals surface area (Å²) in [6, 6.07) is 10.4. The summed E-state index contributed by atoms with van der Waals surface area (Å²) >= 11 is 0. The van der Waals surface area contributed by atoms with Gasteiger partial charge in [0.15, 0.2) is 0 Å². The number of nitrogens with zero attached hydrogens (tertiary/aromatic N) is 1. The van der Waals surface area contributed by atoms with Crippen LogP contribution in [0.4, 0.5) is 0 Å². The molecule has 1 aliphatic rings. The molecule has 19 heavy (non-hydrogen) atoms. The number of aryl methyl sites for hydroxylation is 1. The van der Waals surface area contributed by atoms with Crippen molar-refractivity contribution >= 4 is 5.91 Å². The van der Waals surface area contributed by atoms with E-state index in [1.54, 1.807) is 0 Å². The van der Waals surface area contributed by atoms with Crippen LogP contribution in [0.3, 0.4) is 0 Å². The Kier molecular flexibility index (Phi) is 5.44. The van der Waals surface area contributed by atoms with Crippen molar-refractivity contribution in [2.75, 3.05) is 13.1 Å². The lowest BCUT2D eigenvalue weighted by molar-refractivity contribution is -0.132. The molecule has 2 nitrogen and oxygen atoms in total. The van der Waals surface area contributed by atoms with Crippen LogP contribution >= 0.6 is 0 Å². The van der Waals surface area contributed by atoms with Crippen molar-refractivity contribution < 1.29 is 4.79 Å². The van der Waals surface area contributed by atoms with Crippen molar-refractivity contribution in [3.63, 3.8) is 0 Å². The molecule has 0 N–H and O–H groups in total. The normalized spacial score (nSPS) is 16.6. The molecule has 1 saturated heterocycles. The van der Waals surface area contributed by atoms with Crippen molar-refractivity contribution in [3.05, 3.63) is 35.9 Å². The third kappa shape index (κ3) is 4.38. The Hall–Kier alpha value is -1.31. The zero-order valence-electron chi connectivity index (χ0n) is 12.0. The maximum Gasteiger partial charge on any atom is 0.222 e. The lowest BCUT2D eigenvalue weighted by Crippen LogP contribution is -2.38. The van der Waals surface area contributed by atoms with Gasteiger partial charge in [-0.2, -0.15) is 0 Å². The van der Waals surface area contributed by atoms with Gasteiger partial charge in [0.1, 0.15) is 0 Å². The highest BCUT2D eigenvalue weighted by molar-refractivity contribution is 5.76. The molecule has 0 spiro atoms. The van der Waals surface area contributed by atoms with E-state index in [1.807, 2.05) is 6.07 Å². The number of hydrogen-bond acceptors (Lipinski definition) is 1. The van der Waals surface area contributed by atoms with Gasteiger partial charge in [0.25, 0.3) is 0 Å². The number of carbonyl (C=O) groups is 1. The number of piperidine rings is 1. The van der Waals surface area contributed by atoms with Gasteiger partial charge in [-0.25, -0.2) is 0 Å². The summed E-state index contributed by atoms with van der Waals surface area (Å²) in [5, 5.41) is 0. The predicted molar refractivity (Wildman–Crippen MR) is 79.0 cm³/mol. The van der Waals surface area contributed by atoms with Crippen LogP contribution < -0.4 is 0 Å². The SMILES string of the molecule is CCC1CCN(C(=O)CCCc2ccccc2)CC1. The van der Waals surface area contributed by atoms with E-state index in [4.69, 9.17) is 0 Å². The summed E-state index contributed by atoms with van der Waals surface area (Å²) in [7, 11) is 0. The molecular weight excluding hydrogens is 234 g/mol. The highest BCUT2D eigenvalue weighted by Crippen LogP contribution is 2.20. The van der Waals surface area contributed by atoms with Crippen LogP contribution in [0.15, 0.2) is 30.3 Å². The van der Waals surface area contributed by atoms with Gasteiger partial charge in [0, 0.05) is 19.5 Å². The first kappa shape index (κ1) is 14.1. The second-order valence-electron chi connectivity index (χ2n) is 5.57. The Bertz CT molecular complexity index is 380. The Balaban J connectivity index is 1.67. The molecule has 1 fully saturated rings. The molecule has 0 aliphatic carbocycles.